The number of urea groups is 1. The van der Waals surface area contributed by atoms with Gasteiger partial charge in [0.15, 0.2) is 5.82 Å². The SMILES string of the molecule is CC.CNC(=O)N(c1ccc(S(=O)(=O)Nc2ccon2)cn1)c1cc(-c2cc(Cl)cc(OC)c2)ccc1OC. The molecule has 0 aliphatic carbocycles. The van der Waals surface area contributed by atoms with Crippen molar-refractivity contribution < 1.29 is 27.2 Å². The van der Waals surface area contributed by atoms with Crippen LogP contribution in [0.2, 0.25) is 5.02 Å². The highest BCUT2D eigenvalue weighted by Gasteiger charge is 2.24. The molecule has 2 aromatic heterocycles. The molecule has 2 aromatic carbocycles. The molecule has 2 N–H and O–H groups in total. The van der Waals surface area contributed by atoms with E-state index in [2.05, 4.69) is 24.7 Å². The Labute approximate surface area is 231 Å². The Balaban J connectivity index is 0.00000205. The number of hydrogen-bond donors (Lipinski definition) is 2. The number of carbonyl (C=O) groups is 1. The van der Waals surface area contributed by atoms with E-state index in [1.54, 1.807) is 31.4 Å². The van der Waals surface area contributed by atoms with Crippen molar-refractivity contribution in [1.29, 1.82) is 0 Å². The van der Waals surface area contributed by atoms with E-state index < -0.39 is 16.1 Å². The van der Waals surface area contributed by atoms with Crippen molar-refractivity contribution >= 4 is 45.0 Å². The van der Waals surface area contributed by atoms with Gasteiger partial charge in [0, 0.05) is 24.3 Å². The number of nitrogens with zero attached hydrogens (tertiary/aromatic N) is 3. The van der Waals surface area contributed by atoms with Gasteiger partial charge >= 0.3 is 6.03 Å². The van der Waals surface area contributed by atoms with Gasteiger partial charge < -0.3 is 19.3 Å². The van der Waals surface area contributed by atoms with Crippen LogP contribution in [0.5, 0.6) is 11.5 Å². The van der Waals surface area contributed by atoms with Crippen LogP contribution in [0.15, 0.2) is 76.5 Å². The molecule has 0 saturated heterocycles. The number of amides is 2. The van der Waals surface area contributed by atoms with Crippen molar-refractivity contribution in [3.8, 4) is 22.6 Å². The van der Waals surface area contributed by atoms with E-state index in [4.69, 9.17) is 21.1 Å². The van der Waals surface area contributed by atoms with Crippen LogP contribution in [0.3, 0.4) is 0 Å². The Morgan fingerprint density at radius 3 is 2.36 bits per heavy atom. The molecule has 0 aliphatic heterocycles. The predicted molar refractivity (Wildman–Crippen MR) is 149 cm³/mol. The minimum atomic E-state index is -3.99. The number of aromatic nitrogens is 2. The average Bonchev–Trinajstić information content (AvgIpc) is 3.46. The van der Waals surface area contributed by atoms with Gasteiger partial charge in [-0.1, -0.05) is 36.7 Å². The molecule has 0 spiro atoms. The molecule has 4 aromatic rings. The monoisotopic (exact) mass is 573 g/mol. The second-order valence-electron chi connectivity index (χ2n) is 7.50. The Bertz CT molecular complexity index is 1510. The molecule has 13 heteroatoms. The van der Waals surface area contributed by atoms with Gasteiger partial charge in [-0.25, -0.2) is 23.1 Å². The van der Waals surface area contributed by atoms with E-state index in [9.17, 15) is 13.2 Å². The number of sulfonamides is 1. The van der Waals surface area contributed by atoms with Gasteiger partial charge in [0.2, 0.25) is 0 Å². The lowest BCUT2D eigenvalue weighted by molar-refractivity contribution is 0.250. The smallest absolute Gasteiger partial charge is 0.327 e. The quantitative estimate of drug-likeness (QED) is 0.273. The van der Waals surface area contributed by atoms with Crippen LogP contribution in [0.25, 0.3) is 11.1 Å². The van der Waals surface area contributed by atoms with Crippen LogP contribution < -0.4 is 24.4 Å². The van der Waals surface area contributed by atoms with E-state index in [0.29, 0.717) is 22.2 Å². The lowest BCUT2D eigenvalue weighted by Crippen LogP contribution is -2.35. The fourth-order valence-electron chi connectivity index (χ4n) is 3.47. The number of methoxy groups -OCH3 is 2. The molecule has 0 fully saturated rings. The molecular formula is C26H28ClN5O6S. The summed E-state index contributed by atoms with van der Waals surface area (Å²) in [7, 11) is 0.495. The summed E-state index contributed by atoms with van der Waals surface area (Å²) in [6, 6.07) is 14.1. The first kappa shape index (κ1) is 29.3. The minimum Gasteiger partial charge on any atom is -0.497 e. The Morgan fingerprint density at radius 2 is 1.77 bits per heavy atom. The van der Waals surface area contributed by atoms with Crippen LogP contribution in [-0.4, -0.2) is 45.9 Å². The molecule has 2 heterocycles. The first-order chi connectivity index (χ1) is 18.7. The van der Waals surface area contributed by atoms with E-state index >= 15 is 0 Å². The van der Waals surface area contributed by atoms with Gasteiger partial charge in [-0.15, -0.1) is 0 Å². The Hall–Kier alpha value is -4.29. The van der Waals surface area contributed by atoms with E-state index in [0.717, 1.165) is 17.3 Å². The van der Waals surface area contributed by atoms with Crippen molar-refractivity contribution in [3.05, 3.63) is 72.1 Å². The summed E-state index contributed by atoms with van der Waals surface area (Å²) >= 11 is 6.25. The number of carbonyl (C=O) groups excluding carboxylic acids is 1. The molecule has 39 heavy (non-hydrogen) atoms. The lowest BCUT2D eigenvalue weighted by atomic mass is 10.0. The number of ether oxygens (including phenoxy) is 2. The number of rotatable bonds is 8. The summed E-state index contributed by atoms with van der Waals surface area (Å²) in [6.45, 7) is 4.00. The zero-order valence-electron chi connectivity index (χ0n) is 21.9. The second-order valence-corrected chi connectivity index (χ2v) is 9.62. The van der Waals surface area contributed by atoms with Gasteiger partial charge in [-0.05, 0) is 53.6 Å². The topological polar surface area (TPSA) is 136 Å². The summed E-state index contributed by atoms with van der Waals surface area (Å²) in [5, 5.41) is 6.59. The summed E-state index contributed by atoms with van der Waals surface area (Å²) in [5.41, 5.74) is 1.84. The maximum Gasteiger partial charge on any atom is 0.327 e. The molecular weight excluding hydrogens is 546 g/mol. The minimum absolute atomic E-state index is 0.0234. The van der Waals surface area contributed by atoms with Crippen molar-refractivity contribution in [3.63, 3.8) is 0 Å². The predicted octanol–water partition coefficient (Wildman–Crippen LogP) is 5.71. The molecule has 206 valence electrons. The van der Waals surface area contributed by atoms with Crippen molar-refractivity contribution in [2.75, 3.05) is 30.9 Å². The highest BCUT2D eigenvalue weighted by Crippen LogP contribution is 2.38. The maximum absolute atomic E-state index is 13.0. The van der Waals surface area contributed by atoms with Crippen molar-refractivity contribution in [1.82, 2.24) is 15.5 Å². The van der Waals surface area contributed by atoms with Gasteiger partial charge in [0.25, 0.3) is 10.0 Å². The zero-order chi connectivity index (χ0) is 28.6. The van der Waals surface area contributed by atoms with Crippen LogP contribution in [0, 0.1) is 0 Å². The van der Waals surface area contributed by atoms with E-state index in [1.807, 2.05) is 26.0 Å². The molecule has 11 nitrogen and oxygen atoms in total. The number of anilines is 3. The number of benzene rings is 2. The average molecular weight is 574 g/mol. The first-order valence-corrected chi connectivity index (χ1v) is 13.6. The van der Waals surface area contributed by atoms with Gasteiger partial charge in [-0.3, -0.25) is 4.72 Å². The van der Waals surface area contributed by atoms with Gasteiger partial charge in [0.1, 0.15) is 28.5 Å². The summed E-state index contributed by atoms with van der Waals surface area (Å²) < 4.78 is 43.1. The highest BCUT2D eigenvalue weighted by molar-refractivity contribution is 7.92. The normalized spacial score (nSPS) is 10.6. The third-order valence-electron chi connectivity index (χ3n) is 5.21. The van der Waals surface area contributed by atoms with Crippen molar-refractivity contribution in [2.24, 2.45) is 0 Å². The summed E-state index contributed by atoms with van der Waals surface area (Å²) in [5.74, 6) is 1.13. The van der Waals surface area contributed by atoms with Gasteiger partial charge in [-0.2, -0.15) is 0 Å². The zero-order valence-corrected chi connectivity index (χ0v) is 23.5. The molecule has 0 atom stereocenters. The highest BCUT2D eigenvalue weighted by atomic mass is 35.5. The molecule has 2 amide bonds. The summed E-state index contributed by atoms with van der Waals surface area (Å²) in [4.78, 5) is 18.4. The molecule has 0 saturated carbocycles. The first-order valence-electron chi connectivity index (χ1n) is 11.7. The third kappa shape index (κ3) is 6.78. The molecule has 0 bridgehead atoms. The third-order valence-corrected chi connectivity index (χ3v) is 6.77. The van der Waals surface area contributed by atoms with Crippen molar-refractivity contribution in [2.45, 2.75) is 18.7 Å². The van der Waals surface area contributed by atoms with Crippen LogP contribution in [-0.2, 0) is 10.0 Å². The molecule has 4 rings (SSSR count). The number of hydrogen-bond acceptors (Lipinski definition) is 8. The summed E-state index contributed by atoms with van der Waals surface area (Å²) in [6.07, 6.45) is 2.37. The second kappa shape index (κ2) is 13.0. The lowest BCUT2D eigenvalue weighted by Gasteiger charge is -2.24. The van der Waals surface area contributed by atoms with Crippen LogP contribution in [0.4, 0.5) is 22.1 Å². The van der Waals surface area contributed by atoms with Crippen LogP contribution >= 0.6 is 11.6 Å². The molecule has 0 radical (unpaired) electrons. The Kier molecular flexibility index (Phi) is 9.74. The Morgan fingerprint density at radius 1 is 1.00 bits per heavy atom. The fraction of sp³-hybridized carbons (Fsp3) is 0.192. The fourth-order valence-corrected chi connectivity index (χ4v) is 4.63. The van der Waals surface area contributed by atoms with Crippen LogP contribution in [0.1, 0.15) is 13.8 Å². The largest absolute Gasteiger partial charge is 0.497 e. The molecule has 0 unspecified atom stereocenters. The number of pyridine rings is 1. The standard InChI is InChI=1S/C24H22ClN5O6S.C2H6/c1-26-24(31)30(23-7-5-19(14-27-23)37(32,33)29-22-8-9-36-28-22)20-12-15(4-6-21(20)35-3)16-10-17(25)13-18(11-16)34-2;1-2/h4-14H,1-3H3,(H,26,31)(H,28,29);1-2H3. The molecule has 0 aliphatic rings. The number of nitrogens with one attached hydrogen (secondary N) is 2. The maximum atomic E-state index is 13.0. The van der Waals surface area contributed by atoms with Gasteiger partial charge in [0.05, 0.1) is 19.9 Å². The van der Waals surface area contributed by atoms with E-state index in [-0.39, 0.29) is 16.5 Å². The number of halogens is 1. The van der Waals surface area contributed by atoms with E-state index in [1.165, 1.54) is 43.5 Å².